The molecule has 0 spiro atoms. The van der Waals surface area contributed by atoms with Crippen LogP contribution in [0.2, 0.25) is 0 Å². The average Bonchev–Trinajstić information content (AvgIpc) is 2.79. The molecule has 0 radical (unpaired) electrons. The lowest BCUT2D eigenvalue weighted by Gasteiger charge is -2.29. The van der Waals surface area contributed by atoms with Gasteiger partial charge >= 0.3 is 11.9 Å². The minimum absolute atomic E-state index is 0.171. The lowest BCUT2D eigenvalue weighted by molar-refractivity contribution is -0.144. The normalized spacial score (nSPS) is 16.0. The van der Waals surface area contributed by atoms with E-state index in [-0.39, 0.29) is 31.6 Å². The average molecular weight is 502 g/mol. The molecule has 0 aliphatic carbocycles. The summed E-state index contributed by atoms with van der Waals surface area (Å²) in [6.07, 6.45) is 0.00809. The summed E-state index contributed by atoms with van der Waals surface area (Å²) in [5.74, 6) is -6.11. The smallest absolute Gasteiger partial charge is 0.326 e. The molecule has 6 atom stereocenters. The van der Waals surface area contributed by atoms with Crippen LogP contribution in [-0.2, 0) is 28.8 Å². The Morgan fingerprint density at radius 2 is 1.26 bits per heavy atom. The molecule has 0 aliphatic rings. The SMILES string of the molecule is CCC(C)C(NC(=O)C(NC(=O)C(CCC(N)=O)NC(=O)C(N)CCC(=O)O)C(C)CC)C(=O)O. The molecule has 13 nitrogen and oxygen atoms in total. The highest BCUT2D eigenvalue weighted by Gasteiger charge is 2.34. The van der Waals surface area contributed by atoms with Crippen LogP contribution in [0.15, 0.2) is 0 Å². The van der Waals surface area contributed by atoms with Crippen molar-refractivity contribution in [2.75, 3.05) is 0 Å². The lowest BCUT2D eigenvalue weighted by Crippen LogP contribution is -2.59. The molecule has 9 N–H and O–H groups in total. The molecule has 0 rings (SSSR count). The summed E-state index contributed by atoms with van der Waals surface area (Å²) < 4.78 is 0. The Kier molecular flexibility index (Phi) is 14.2. The van der Waals surface area contributed by atoms with Gasteiger partial charge in [0, 0.05) is 12.8 Å². The van der Waals surface area contributed by atoms with Crippen molar-refractivity contribution in [3.8, 4) is 0 Å². The van der Waals surface area contributed by atoms with Gasteiger partial charge in [0.2, 0.25) is 23.6 Å². The van der Waals surface area contributed by atoms with Gasteiger partial charge in [-0.1, -0.05) is 40.5 Å². The quantitative estimate of drug-likeness (QED) is 0.130. The number of hydrogen-bond acceptors (Lipinski definition) is 7. The Balaban J connectivity index is 5.64. The lowest BCUT2D eigenvalue weighted by atomic mass is 9.95. The molecular formula is C22H39N5O8. The first-order chi connectivity index (χ1) is 16.2. The van der Waals surface area contributed by atoms with Crippen LogP contribution in [-0.4, -0.2) is 69.9 Å². The van der Waals surface area contributed by atoms with E-state index in [1.807, 2.05) is 0 Å². The second kappa shape index (κ2) is 15.6. The fraction of sp³-hybridized carbons (Fsp3) is 0.727. The number of hydrogen-bond donors (Lipinski definition) is 7. The van der Waals surface area contributed by atoms with Gasteiger partial charge in [-0.15, -0.1) is 0 Å². The predicted octanol–water partition coefficient (Wildman–Crippen LogP) is -0.925. The summed E-state index contributed by atoms with van der Waals surface area (Å²) >= 11 is 0. The summed E-state index contributed by atoms with van der Waals surface area (Å²) in [5.41, 5.74) is 10.9. The van der Waals surface area contributed by atoms with Crippen LogP contribution in [0.25, 0.3) is 0 Å². The van der Waals surface area contributed by atoms with Crippen molar-refractivity contribution in [2.45, 2.75) is 90.4 Å². The van der Waals surface area contributed by atoms with E-state index < -0.39 is 65.7 Å². The predicted molar refractivity (Wildman–Crippen MR) is 126 cm³/mol. The Morgan fingerprint density at radius 3 is 1.71 bits per heavy atom. The standard InChI is InChI=1S/C22H39N5O8/c1-5-11(3)17(21(33)27-18(22(34)35)12(4)6-2)26-20(32)14(8-9-15(24)28)25-19(31)13(23)7-10-16(29)30/h11-14,17-18H,5-10,23H2,1-4H3,(H2,24,28)(H,25,31)(H,26,32)(H,27,33)(H,29,30)(H,34,35). The minimum Gasteiger partial charge on any atom is -0.481 e. The van der Waals surface area contributed by atoms with E-state index in [2.05, 4.69) is 16.0 Å². The van der Waals surface area contributed by atoms with Crippen LogP contribution < -0.4 is 27.4 Å². The third-order valence-corrected chi connectivity index (χ3v) is 5.89. The van der Waals surface area contributed by atoms with Gasteiger partial charge in [0.05, 0.1) is 6.04 Å². The second-order valence-corrected chi connectivity index (χ2v) is 8.69. The van der Waals surface area contributed by atoms with Gasteiger partial charge in [-0.25, -0.2) is 4.79 Å². The Hall–Kier alpha value is -3.22. The molecule has 6 unspecified atom stereocenters. The maximum absolute atomic E-state index is 13.0. The van der Waals surface area contributed by atoms with Crippen molar-refractivity contribution >= 4 is 35.6 Å². The Bertz CT molecular complexity index is 775. The largest absolute Gasteiger partial charge is 0.481 e. The molecular weight excluding hydrogens is 462 g/mol. The highest BCUT2D eigenvalue weighted by molar-refractivity contribution is 5.94. The monoisotopic (exact) mass is 501 g/mol. The zero-order chi connectivity index (χ0) is 27.3. The van der Waals surface area contributed by atoms with E-state index in [1.54, 1.807) is 27.7 Å². The number of amides is 4. The minimum atomic E-state index is -1.28. The molecule has 0 aliphatic heterocycles. The fourth-order valence-corrected chi connectivity index (χ4v) is 3.13. The first-order valence-corrected chi connectivity index (χ1v) is 11.6. The molecule has 0 heterocycles. The summed E-state index contributed by atoms with van der Waals surface area (Å²) in [7, 11) is 0. The fourth-order valence-electron chi connectivity index (χ4n) is 3.13. The van der Waals surface area contributed by atoms with Crippen molar-refractivity contribution in [2.24, 2.45) is 23.3 Å². The maximum atomic E-state index is 13.0. The van der Waals surface area contributed by atoms with E-state index in [4.69, 9.17) is 16.6 Å². The van der Waals surface area contributed by atoms with Crippen LogP contribution in [0, 0.1) is 11.8 Å². The number of carbonyl (C=O) groups excluding carboxylic acids is 4. The Morgan fingerprint density at radius 1 is 0.743 bits per heavy atom. The van der Waals surface area contributed by atoms with Crippen LogP contribution in [0.4, 0.5) is 0 Å². The number of nitrogens with two attached hydrogens (primary N) is 2. The van der Waals surface area contributed by atoms with Gasteiger partial charge in [0.15, 0.2) is 0 Å². The van der Waals surface area contributed by atoms with E-state index in [0.29, 0.717) is 12.8 Å². The first-order valence-electron chi connectivity index (χ1n) is 11.6. The van der Waals surface area contributed by atoms with Crippen molar-refractivity contribution in [3.05, 3.63) is 0 Å². The summed E-state index contributed by atoms with van der Waals surface area (Å²) in [4.78, 5) is 71.9. The first kappa shape index (κ1) is 31.8. The van der Waals surface area contributed by atoms with Gasteiger partial charge < -0.3 is 37.6 Å². The van der Waals surface area contributed by atoms with Crippen LogP contribution >= 0.6 is 0 Å². The number of nitrogens with one attached hydrogen (secondary N) is 3. The third kappa shape index (κ3) is 11.7. The number of aliphatic carboxylic acids is 2. The van der Waals surface area contributed by atoms with Crippen LogP contribution in [0.5, 0.6) is 0 Å². The third-order valence-electron chi connectivity index (χ3n) is 5.89. The van der Waals surface area contributed by atoms with Crippen molar-refractivity contribution in [1.29, 1.82) is 0 Å². The van der Waals surface area contributed by atoms with Gasteiger partial charge in [0.1, 0.15) is 18.1 Å². The molecule has 0 saturated carbocycles. The molecule has 0 saturated heterocycles. The Labute approximate surface area is 204 Å². The zero-order valence-electron chi connectivity index (χ0n) is 20.7. The second-order valence-electron chi connectivity index (χ2n) is 8.69. The van der Waals surface area contributed by atoms with E-state index >= 15 is 0 Å². The topological polar surface area (TPSA) is 231 Å². The van der Waals surface area contributed by atoms with Gasteiger partial charge in [-0.05, 0) is 24.7 Å². The van der Waals surface area contributed by atoms with Crippen molar-refractivity contribution < 1.29 is 39.0 Å². The molecule has 0 aromatic carbocycles. The highest BCUT2D eigenvalue weighted by atomic mass is 16.4. The maximum Gasteiger partial charge on any atom is 0.326 e. The van der Waals surface area contributed by atoms with Crippen LogP contribution in [0.1, 0.15) is 66.2 Å². The molecule has 0 bridgehead atoms. The number of primary amides is 1. The number of rotatable bonds is 17. The summed E-state index contributed by atoms with van der Waals surface area (Å²) in [5, 5.41) is 25.6. The number of carboxylic acids is 2. The van der Waals surface area contributed by atoms with Crippen LogP contribution in [0.3, 0.4) is 0 Å². The molecule has 0 fully saturated rings. The van der Waals surface area contributed by atoms with E-state index in [1.165, 1.54) is 0 Å². The van der Waals surface area contributed by atoms with E-state index in [9.17, 15) is 33.9 Å². The van der Waals surface area contributed by atoms with Gasteiger partial charge in [0.25, 0.3) is 0 Å². The molecule has 200 valence electrons. The van der Waals surface area contributed by atoms with Crippen molar-refractivity contribution in [1.82, 2.24) is 16.0 Å². The highest BCUT2D eigenvalue weighted by Crippen LogP contribution is 2.13. The van der Waals surface area contributed by atoms with Crippen molar-refractivity contribution in [3.63, 3.8) is 0 Å². The van der Waals surface area contributed by atoms with Gasteiger partial charge in [-0.3, -0.25) is 24.0 Å². The molecule has 0 aromatic rings. The van der Waals surface area contributed by atoms with E-state index in [0.717, 1.165) is 0 Å². The molecule has 0 aromatic heterocycles. The molecule has 35 heavy (non-hydrogen) atoms. The number of carbonyl (C=O) groups is 6. The number of carboxylic acid groups (broad SMARTS) is 2. The summed E-state index contributed by atoms with van der Waals surface area (Å²) in [6, 6.07) is -4.77. The zero-order valence-corrected chi connectivity index (χ0v) is 20.7. The molecule has 4 amide bonds. The molecule has 13 heteroatoms. The summed E-state index contributed by atoms with van der Waals surface area (Å²) in [6.45, 7) is 6.95. The van der Waals surface area contributed by atoms with Gasteiger partial charge in [-0.2, -0.15) is 0 Å².